The molecule has 0 aromatic heterocycles. The summed E-state index contributed by atoms with van der Waals surface area (Å²) in [4.78, 5) is 12.5. The Morgan fingerprint density at radius 1 is 0.893 bits per heavy atom. The van der Waals surface area contributed by atoms with Gasteiger partial charge >= 0.3 is 0 Å². The van der Waals surface area contributed by atoms with Gasteiger partial charge in [0.2, 0.25) is 15.9 Å². The first-order valence-electron chi connectivity index (χ1n) is 10.2. The van der Waals surface area contributed by atoms with Gasteiger partial charge in [-0.2, -0.15) is 0 Å². The number of hydrogen-bond donors (Lipinski definition) is 3. The van der Waals surface area contributed by atoms with Crippen LogP contribution >= 0.6 is 12.2 Å². The van der Waals surface area contributed by atoms with E-state index in [2.05, 4.69) is 15.4 Å². The number of amides is 1. The molecule has 0 spiro atoms. The van der Waals surface area contributed by atoms with E-state index in [0.717, 1.165) is 51.4 Å². The average molecular weight is 424 g/mol. The number of hydrogen-bond acceptors (Lipinski definition) is 4. The van der Waals surface area contributed by atoms with Crippen LogP contribution < -0.4 is 15.4 Å². The molecule has 154 valence electrons. The number of benzene rings is 1. The molecule has 0 atom stereocenters. The maximum Gasteiger partial charge on any atom is 0.240 e. The van der Waals surface area contributed by atoms with Crippen molar-refractivity contribution in [1.82, 2.24) is 10.0 Å². The molecule has 6 nitrogen and oxygen atoms in total. The first kappa shape index (κ1) is 21.2. The lowest BCUT2D eigenvalue weighted by Gasteiger charge is -2.22. The van der Waals surface area contributed by atoms with Gasteiger partial charge in [-0.05, 0) is 62.2 Å². The largest absolute Gasteiger partial charge is 0.332 e. The van der Waals surface area contributed by atoms with Crippen LogP contribution in [0.15, 0.2) is 29.2 Å². The molecule has 1 aromatic rings. The smallest absolute Gasteiger partial charge is 0.240 e. The van der Waals surface area contributed by atoms with Crippen LogP contribution in [0.3, 0.4) is 0 Å². The fourth-order valence-electron chi connectivity index (χ4n) is 3.97. The van der Waals surface area contributed by atoms with Crippen molar-refractivity contribution in [2.45, 2.75) is 75.1 Å². The molecule has 2 aliphatic carbocycles. The topological polar surface area (TPSA) is 87.3 Å². The molecule has 0 unspecified atom stereocenters. The molecule has 0 saturated heterocycles. The summed E-state index contributed by atoms with van der Waals surface area (Å²) < 4.78 is 27.9. The third kappa shape index (κ3) is 5.99. The fraction of sp³-hybridized carbons (Fsp3) is 0.600. The van der Waals surface area contributed by atoms with Crippen LogP contribution in [0.4, 0.5) is 5.69 Å². The van der Waals surface area contributed by atoms with Crippen molar-refractivity contribution in [2.75, 3.05) is 5.32 Å². The van der Waals surface area contributed by atoms with E-state index in [0.29, 0.717) is 5.69 Å². The summed E-state index contributed by atoms with van der Waals surface area (Å²) in [6, 6.07) is 6.46. The summed E-state index contributed by atoms with van der Waals surface area (Å²) in [5, 5.41) is 5.95. The molecule has 1 aromatic carbocycles. The van der Waals surface area contributed by atoms with E-state index in [4.69, 9.17) is 12.2 Å². The highest BCUT2D eigenvalue weighted by molar-refractivity contribution is 7.89. The highest BCUT2D eigenvalue weighted by Gasteiger charge is 2.23. The van der Waals surface area contributed by atoms with Gasteiger partial charge in [0, 0.05) is 17.6 Å². The molecule has 0 heterocycles. The van der Waals surface area contributed by atoms with E-state index in [-0.39, 0.29) is 27.9 Å². The second-order valence-corrected chi connectivity index (χ2v) is 9.88. The summed E-state index contributed by atoms with van der Waals surface area (Å²) in [5.41, 5.74) is 0.644. The van der Waals surface area contributed by atoms with Crippen molar-refractivity contribution in [3.05, 3.63) is 24.3 Å². The lowest BCUT2D eigenvalue weighted by atomic mass is 9.89. The quantitative estimate of drug-likeness (QED) is 0.629. The molecular weight excluding hydrogens is 394 g/mol. The number of nitrogens with one attached hydrogen (secondary N) is 3. The molecule has 2 saturated carbocycles. The van der Waals surface area contributed by atoms with Crippen LogP contribution in [0.2, 0.25) is 0 Å². The van der Waals surface area contributed by atoms with Crippen molar-refractivity contribution >= 4 is 38.9 Å². The summed E-state index contributed by atoms with van der Waals surface area (Å²) >= 11 is 5.22. The second-order valence-electron chi connectivity index (χ2n) is 7.76. The predicted octanol–water partition coefficient (Wildman–Crippen LogP) is 3.69. The minimum absolute atomic E-state index is 0.0270. The average Bonchev–Trinajstić information content (AvgIpc) is 2.69. The van der Waals surface area contributed by atoms with Gasteiger partial charge in [0.25, 0.3) is 0 Å². The van der Waals surface area contributed by atoms with Gasteiger partial charge in [-0.3, -0.25) is 4.79 Å². The molecule has 0 radical (unpaired) electrons. The Kier molecular flexibility index (Phi) is 7.42. The summed E-state index contributed by atoms with van der Waals surface area (Å²) in [6.45, 7) is 0. The summed E-state index contributed by atoms with van der Waals surface area (Å²) in [7, 11) is -3.52. The SMILES string of the molecule is O=C(NC(=S)Nc1ccc(S(=O)(=O)NC2CCCCC2)cc1)C1CCCCC1. The van der Waals surface area contributed by atoms with Crippen molar-refractivity contribution in [3.8, 4) is 0 Å². The Balaban J connectivity index is 1.53. The highest BCUT2D eigenvalue weighted by Crippen LogP contribution is 2.24. The summed E-state index contributed by atoms with van der Waals surface area (Å²) in [5.74, 6) is -0.0000366. The van der Waals surface area contributed by atoms with Crippen LogP contribution in [0.5, 0.6) is 0 Å². The molecule has 28 heavy (non-hydrogen) atoms. The van der Waals surface area contributed by atoms with Gasteiger partial charge in [0.15, 0.2) is 5.11 Å². The zero-order valence-corrected chi connectivity index (χ0v) is 17.7. The number of carbonyl (C=O) groups is 1. The van der Waals surface area contributed by atoms with Crippen LogP contribution in [0.25, 0.3) is 0 Å². The van der Waals surface area contributed by atoms with E-state index in [1.165, 1.54) is 12.8 Å². The second kappa shape index (κ2) is 9.80. The zero-order chi connectivity index (χ0) is 20.0. The van der Waals surface area contributed by atoms with Gasteiger partial charge in [0.1, 0.15) is 0 Å². The van der Waals surface area contributed by atoms with Gasteiger partial charge in [-0.25, -0.2) is 13.1 Å². The molecule has 3 N–H and O–H groups in total. The Labute approximate surface area is 172 Å². The minimum Gasteiger partial charge on any atom is -0.332 e. The summed E-state index contributed by atoms with van der Waals surface area (Å²) in [6.07, 6.45) is 10.3. The minimum atomic E-state index is -3.52. The molecule has 3 rings (SSSR count). The van der Waals surface area contributed by atoms with E-state index >= 15 is 0 Å². The first-order chi connectivity index (χ1) is 13.4. The molecule has 1 amide bonds. The maximum absolute atomic E-state index is 12.5. The number of carbonyl (C=O) groups excluding carboxylic acids is 1. The number of thiocarbonyl (C=S) groups is 1. The van der Waals surface area contributed by atoms with E-state index < -0.39 is 10.0 Å². The third-order valence-electron chi connectivity index (χ3n) is 5.56. The van der Waals surface area contributed by atoms with Crippen molar-refractivity contribution < 1.29 is 13.2 Å². The van der Waals surface area contributed by atoms with Crippen LogP contribution in [-0.4, -0.2) is 25.5 Å². The predicted molar refractivity (Wildman–Crippen MR) is 115 cm³/mol. The maximum atomic E-state index is 12.5. The molecule has 2 aliphatic rings. The van der Waals surface area contributed by atoms with Gasteiger partial charge in [-0.15, -0.1) is 0 Å². The molecule has 2 fully saturated rings. The van der Waals surface area contributed by atoms with Crippen molar-refractivity contribution in [1.29, 1.82) is 0 Å². The van der Waals surface area contributed by atoms with Gasteiger partial charge in [0.05, 0.1) is 4.90 Å². The van der Waals surface area contributed by atoms with Crippen molar-refractivity contribution in [2.24, 2.45) is 5.92 Å². The number of anilines is 1. The van der Waals surface area contributed by atoms with E-state index in [1.54, 1.807) is 24.3 Å². The monoisotopic (exact) mass is 423 g/mol. The Hall–Kier alpha value is -1.51. The Morgan fingerprint density at radius 2 is 1.46 bits per heavy atom. The van der Waals surface area contributed by atoms with E-state index in [9.17, 15) is 13.2 Å². The van der Waals surface area contributed by atoms with Crippen molar-refractivity contribution in [3.63, 3.8) is 0 Å². The zero-order valence-electron chi connectivity index (χ0n) is 16.1. The van der Waals surface area contributed by atoms with E-state index in [1.807, 2.05) is 0 Å². The van der Waals surface area contributed by atoms with Crippen LogP contribution in [-0.2, 0) is 14.8 Å². The number of rotatable bonds is 5. The molecule has 0 bridgehead atoms. The molecule has 0 aliphatic heterocycles. The standard InChI is InChI=1S/C20H29N3O3S2/c24-19(15-7-3-1-4-8-15)22-20(27)21-16-11-13-18(14-12-16)28(25,26)23-17-9-5-2-6-10-17/h11-15,17,23H,1-10H2,(H2,21,22,24,27). The normalized spacial score (nSPS) is 19.1. The van der Waals surface area contributed by atoms with Crippen LogP contribution in [0.1, 0.15) is 64.2 Å². The highest BCUT2D eigenvalue weighted by atomic mass is 32.2. The lowest BCUT2D eigenvalue weighted by Crippen LogP contribution is -2.39. The Morgan fingerprint density at radius 3 is 2.07 bits per heavy atom. The number of sulfonamides is 1. The fourth-order valence-corrected chi connectivity index (χ4v) is 5.49. The van der Waals surface area contributed by atoms with Gasteiger partial charge < -0.3 is 10.6 Å². The first-order valence-corrected chi connectivity index (χ1v) is 12.1. The molecular formula is C20H29N3O3S2. The van der Waals surface area contributed by atoms with Gasteiger partial charge in [-0.1, -0.05) is 38.5 Å². The third-order valence-corrected chi connectivity index (χ3v) is 7.30. The Bertz CT molecular complexity index is 781. The molecule has 8 heteroatoms. The van der Waals surface area contributed by atoms with Crippen LogP contribution in [0, 0.1) is 5.92 Å². The lowest BCUT2D eigenvalue weighted by molar-refractivity contribution is -0.124.